The van der Waals surface area contributed by atoms with Gasteiger partial charge in [0.1, 0.15) is 5.69 Å². The van der Waals surface area contributed by atoms with Gasteiger partial charge in [-0.25, -0.2) is 9.59 Å². The monoisotopic (exact) mass is 260 g/mol. The summed E-state index contributed by atoms with van der Waals surface area (Å²) in [6.07, 6.45) is 0. The van der Waals surface area contributed by atoms with E-state index in [-0.39, 0.29) is 17.9 Å². The van der Waals surface area contributed by atoms with Crippen molar-refractivity contribution >= 4 is 11.9 Å². The fourth-order valence-electron chi connectivity index (χ4n) is 1.67. The molecule has 0 radical (unpaired) electrons. The first-order valence-corrected chi connectivity index (χ1v) is 5.55. The first-order valence-electron chi connectivity index (χ1n) is 5.55. The van der Waals surface area contributed by atoms with Crippen LogP contribution < -0.4 is 0 Å². The number of hydrogen-bond acceptors (Lipinski definition) is 4. The van der Waals surface area contributed by atoms with E-state index >= 15 is 0 Å². The van der Waals surface area contributed by atoms with Crippen LogP contribution in [0.15, 0.2) is 36.4 Å². The number of carbonyl (C=O) groups is 2. The zero-order chi connectivity index (χ0) is 13.8. The molecular formula is C13H12N2O4. The largest absolute Gasteiger partial charge is 0.477 e. The van der Waals surface area contributed by atoms with Crippen molar-refractivity contribution in [1.29, 1.82) is 0 Å². The molecule has 1 aromatic carbocycles. The molecule has 2 rings (SSSR count). The normalized spacial score (nSPS) is 10.2. The lowest BCUT2D eigenvalue weighted by Crippen LogP contribution is -2.11. The molecule has 0 unspecified atom stereocenters. The minimum Gasteiger partial charge on any atom is -0.477 e. The van der Waals surface area contributed by atoms with Gasteiger partial charge < -0.3 is 9.84 Å². The first kappa shape index (κ1) is 12.8. The van der Waals surface area contributed by atoms with Crippen molar-refractivity contribution < 1.29 is 19.4 Å². The highest BCUT2D eigenvalue weighted by Gasteiger charge is 2.19. The average Bonchev–Trinajstić information content (AvgIpc) is 2.83. The minimum absolute atomic E-state index is 0.0177. The van der Waals surface area contributed by atoms with E-state index in [1.165, 1.54) is 17.9 Å². The van der Waals surface area contributed by atoms with Gasteiger partial charge in [-0.15, -0.1) is 0 Å². The van der Waals surface area contributed by atoms with E-state index in [0.717, 1.165) is 5.56 Å². The highest BCUT2D eigenvalue weighted by Crippen LogP contribution is 2.09. The molecule has 2 aromatic rings. The second-order valence-electron chi connectivity index (χ2n) is 3.85. The van der Waals surface area contributed by atoms with E-state index in [2.05, 4.69) is 9.84 Å². The molecule has 0 aliphatic rings. The molecule has 0 aliphatic heterocycles. The molecule has 1 aromatic heterocycles. The van der Waals surface area contributed by atoms with Crippen LogP contribution in [-0.2, 0) is 11.3 Å². The van der Waals surface area contributed by atoms with Crippen LogP contribution in [0.4, 0.5) is 0 Å². The summed E-state index contributed by atoms with van der Waals surface area (Å²) in [5, 5.41) is 13.1. The number of ether oxygens (including phenoxy) is 1. The molecule has 0 saturated heterocycles. The van der Waals surface area contributed by atoms with Gasteiger partial charge in [-0.05, 0) is 5.56 Å². The van der Waals surface area contributed by atoms with Crippen molar-refractivity contribution in [3.8, 4) is 0 Å². The number of esters is 1. The predicted octanol–water partition coefficient (Wildman–Crippen LogP) is 1.42. The number of rotatable bonds is 4. The Morgan fingerprint density at radius 2 is 2.00 bits per heavy atom. The molecule has 0 spiro atoms. The van der Waals surface area contributed by atoms with Crippen molar-refractivity contribution in [1.82, 2.24) is 9.78 Å². The molecule has 6 heteroatoms. The number of carbonyl (C=O) groups excluding carboxylic acids is 1. The zero-order valence-electron chi connectivity index (χ0n) is 10.2. The Morgan fingerprint density at radius 3 is 2.58 bits per heavy atom. The SMILES string of the molecule is COC(=O)c1cc(C(=O)O)n(Cc2ccccc2)n1. The fourth-order valence-corrected chi connectivity index (χ4v) is 1.67. The predicted molar refractivity (Wildman–Crippen MR) is 66.1 cm³/mol. The van der Waals surface area contributed by atoms with Crippen molar-refractivity contribution in [3.63, 3.8) is 0 Å². The third-order valence-electron chi connectivity index (χ3n) is 2.57. The number of methoxy groups -OCH3 is 1. The van der Waals surface area contributed by atoms with Crippen molar-refractivity contribution in [3.05, 3.63) is 53.3 Å². The van der Waals surface area contributed by atoms with Crippen LogP contribution in [0.5, 0.6) is 0 Å². The number of aromatic carboxylic acids is 1. The van der Waals surface area contributed by atoms with Crippen LogP contribution in [0, 0.1) is 0 Å². The van der Waals surface area contributed by atoms with Crippen molar-refractivity contribution in [2.45, 2.75) is 6.54 Å². The summed E-state index contributed by atoms with van der Waals surface area (Å²) in [6, 6.07) is 10.5. The van der Waals surface area contributed by atoms with Gasteiger partial charge in [0.05, 0.1) is 13.7 Å². The summed E-state index contributed by atoms with van der Waals surface area (Å²) in [7, 11) is 1.22. The molecule has 0 bridgehead atoms. The van der Waals surface area contributed by atoms with E-state index in [1.807, 2.05) is 30.3 Å². The van der Waals surface area contributed by atoms with Gasteiger partial charge in [-0.1, -0.05) is 30.3 Å². The molecule has 0 amide bonds. The second-order valence-corrected chi connectivity index (χ2v) is 3.85. The van der Waals surface area contributed by atoms with E-state index < -0.39 is 11.9 Å². The van der Waals surface area contributed by atoms with Gasteiger partial charge >= 0.3 is 11.9 Å². The van der Waals surface area contributed by atoms with Crippen molar-refractivity contribution in [2.24, 2.45) is 0 Å². The van der Waals surface area contributed by atoms with Crippen LogP contribution in [0.25, 0.3) is 0 Å². The number of carboxylic acid groups (broad SMARTS) is 1. The van der Waals surface area contributed by atoms with Crippen molar-refractivity contribution in [2.75, 3.05) is 7.11 Å². The number of carboxylic acids is 1. The molecule has 0 atom stereocenters. The molecule has 0 aliphatic carbocycles. The van der Waals surface area contributed by atoms with Gasteiger partial charge in [0, 0.05) is 6.07 Å². The molecule has 19 heavy (non-hydrogen) atoms. The van der Waals surface area contributed by atoms with Crippen LogP contribution in [-0.4, -0.2) is 33.9 Å². The van der Waals surface area contributed by atoms with E-state index in [4.69, 9.17) is 5.11 Å². The molecule has 6 nitrogen and oxygen atoms in total. The third-order valence-corrected chi connectivity index (χ3v) is 2.57. The molecule has 1 heterocycles. The van der Waals surface area contributed by atoms with E-state index in [9.17, 15) is 9.59 Å². The third kappa shape index (κ3) is 2.79. The Kier molecular flexibility index (Phi) is 3.61. The van der Waals surface area contributed by atoms with Gasteiger partial charge in [0.15, 0.2) is 5.69 Å². The number of hydrogen-bond donors (Lipinski definition) is 1. The van der Waals surface area contributed by atoms with Gasteiger partial charge in [0.2, 0.25) is 0 Å². The van der Waals surface area contributed by atoms with E-state index in [1.54, 1.807) is 0 Å². The highest BCUT2D eigenvalue weighted by atomic mass is 16.5. The maximum Gasteiger partial charge on any atom is 0.358 e. The zero-order valence-corrected chi connectivity index (χ0v) is 10.2. The number of aromatic nitrogens is 2. The number of nitrogens with zero attached hydrogens (tertiary/aromatic N) is 2. The Hall–Kier alpha value is -2.63. The van der Waals surface area contributed by atoms with Crippen LogP contribution >= 0.6 is 0 Å². The summed E-state index contributed by atoms with van der Waals surface area (Å²) >= 11 is 0. The topological polar surface area (TPSA) is 81.4 Å². The molecular weight excluding hydrogens is 248 g/mol. The second kappa shape index (κ2) is 5.34. The summed E-state index contributed by atoms with van der Waals surface area (Å²) in [5.41, 5.74) is 0.824. The maximum atomic E-state index is 11.4. The lowest BCUT2D eigenvalue weighted by Gasteiger charge is -2.04. The molecule has 1 N–H and O–H groups in total. The standard InChI is InChI=1S/C13H12N2O4/c1-19-13(18)10-7-11(12(16)17)15(14-10)8-9-5-3-2-4-6-9/h2-7H,8H2,1H3,(H,16,17). The fraction of sp³-hybridized carbons (Fsp3) is 0.154. The van der Waals surface area contributed by atoms with Crippen LogP contribution in [0.3, 0.4) is 0 Å². The Morgan fingerprint density at radius 1 is 1.32 bits per heavy atom. The van der Waals surface area contributed by atoms with Gasteiger partial charge in [0.25, 0.3) is 0 Å². The Bertz CT molecular complexity index is 604. The van der Waals surface area contributed by atoms with Gasteiger partial charge in [-0.2, -0.15) is 5.10 Å². The molecule has 0 fully saturated rings. The first-order chi connectivity index (χ1) is 9.11. The Balaban J connectivity index is 2.36. The summed E-state index contributed by atoms with van der Waals surface area (Å²) in [4.78, 5) is 22.5. The summed E-state index contributed by atoms with van der Waals surface area (Å²) < 4.78 is 5.79. The quantitative estimate of drug-likeness (QED) is 0.841. The summed E-state index contributed by atoms with van der Waals surface area (Å²) in [5.74, 6) is -1.80. The molecule has 0 saturated carbocycles. The lowest BCUT2D eigenvalue weighted by atomic mass is 10.2. The van der Waals surface area contributed by atoms with Crippen LogP contribution in [0.2, 0.25) is 0 Å². The number of benzene rings is 1. The lowest BCUT2D eigenvalue weighted by molar-refractivity contribution is 0.0592. The Labute approximate surface area is 109 Å². The van der Waals surface area contributed by atoms with E-state index in [0.29, 0.717) is 0 Å². The summed E-state index contributed by atoms with van der Waals surface area (Å²) in [6.45, 7) is 0.277. The van der Waals surface area contributed by atoms with Gasteiger partial charge in [-0.3, -0.25) is 4.68 Å². The average molecular weight is 260 g/mol. The molecule has 98 valence electrons. The minimum atomic E-state index is -1.14. The van der Waals surface area contributed by atoms with Crippen LogP contribution in [0.1, 0.15) is 26.5 Å². The maximum absolute atomic E-state index is 11.4. The highest BCUT2D eigenvalue weighted by molar-refractivity contribution is 5.92. The smallest absolute Gasteiger partial charge is 0.358 e.